The van der Waals surface area contributed by atoms with E-state index in [4.69, 9.17) is 0 Å². The summed E-state index contributed by atoms with van der Waals surface area (Å²) in [5.74, 6) is -2.03. The van der Waals surface area contributed by atoms with Crippen LogP contribution in [0.2, 0.25) is 0 Å². The van der Waals surface area contributed by atoms with Crippen LogP contribution in [-0.2, 0) is 6.42 Å². The van der Waals surface area contributed by atoms with Crippen molar-refractivity contribution in [3.05, 3.63) is 95.1 Å². The maximum absolute atomic E-state index is 15.1. The smallest absolute Gasteiger partial charge is 0.166 e. The second-order valence-electron chi connectivity index (χ2n) is 10.7. The fourth-order valence-electron chi connectivity index (χ4n) is 5.07. The first kappa shape index (κ1) is 27.2. The molecule has 0 amide bonds. The second kappa shape index (κ2) is 12.1. The molecule has 0 radical (unpaired) electrons. The highest BCUT2D eigenvalue weighted by molar-refractivity contribution is 5.71. The lowest BCUT2D eigenvalue weighted by molar-refractivity contribution is 0.423. The van der Waals surface area contributed by atoms with Crippen LogP contribution in [0.5, 0.6) is 0 Å². The Morgan fingerprint density at radius 2 is 1.32 bits per heavy atom. The predicted molar refractivity (Wildman–Crippen MR) is 144 cm³/mol. The Bertz CT molecular complexity index is 1240. The summed E-state index contributed by atoms with van der Waals surface area (Å²) < 4.78 is 59.5. The number of hydrogen-bond donors (Lipinski definition) is 0. The predicted octanol–water partition coefficient (Wildman–Crippen LogP) is 10.4. The van der Waals surface area contributed by atoms with Gasteiger partial charge in [-0.1, -0.05) is 101 Å². The summed E-state index contributed by atoms with van der Waals surface area (Å²) in [6, 6.07) is 12.9. The third kappa shape index (κ3) is 6.52. The molecule has 4 heteroatoms. The number of hydrogen-bond acceptors (Lipinski definition) is 0. The highest BCUT2D eigenvalue weighted by Crippen LogP contribution is 2.38. The Labute approximate surface area is 218 Å². The molecule has 37 heavy (non-hydrogen) atoms. The van der Waals surface area contributed by atoms with Gasteiger partial charge in [-0.2, -0.15) is 0 Å². The third-order valence-corrected chi connectivity index (χ3v) is 7.58. The monoisotopic (exact) mass is 508 g/mol. The van der Waals surface area contributed by atoms with Gasteiger partial charge in [0.05, 0.1) is 0 Å². The van der Waals surface area contributed by atoms with Crippen molar-refractivity contribution in [1.82, 2.24) is 0 Å². The van der Waals surface area contributed by atoms with Gasteiger partial charge in [0.15, 0.2) is 23.3 Å². The molecule has 0 aliphatic heterocycles. The highest BCUT2D eigenvalue weighted by Gasteiger charge is 2.24. The van der Waals surface area contributed by atoms with Crippen LogP contribution in [0.1, 0.15) is 76.3 Å². The summed E-state index contributed by atoms with van der Waals surface area (Å²) in [5.41, 5.74) is 1.96. The first-order chi connectivity index (χ1) is 17.8. The van der Waals surface area contributed by atoms with Gasteiger partial charge in [0.1, 0.15) is 0 Å². The molecule has 0 saturated heterocycles. The molecule has 3 aromatic rings. The molecule has 1 aliphatic carbocycles. The molecule has 0 spiro atoms. The summed E-state index contributed by atoms with van der Waals surface area (Å²) in [6.07, 6.45) is 10.6. The minimum atomic E-state index is -0.905. The van der Waals surface area contributed by atoms with Crippen molar-refractivity contribution in [2.24, 2.45) is 11.8 Å². The average Bonchev–Trinajstić information content (AvgIpc) is 3.71. The third-order valence-electron chi connectivity index (χ3n) is 7.58. The maximum Gasteiger partial charge on any atom is 0.166 e. The van der Waals surface area contributed by atoms with Crippen molar-refractivity contribution in [2.75, 3.05) is 0 Å². The summed E-state index contributed by atoms with van der Waals surface area (Å²) in [7, 11) is 0. The Hall–Kier alpha value is -2.88. The fourth-order valence-corrected chi connectivity index (χ4v) is 5.07. The second-order valence-corrected chi connectivity index (χ2v) is 10.7. The summed E-state index contributed by atoms with van der Waals surface area (Å²) in [6.45, 7) is 6.18. The van der Waals surface area contributed by atoms with E-state index in [1.54, 1.807) is 48.5 Å². The van der Waals surface area contributed by atoms with Crippen LogP contribution in [0.3, 0.4) is 0 Å². The molecule has 0 nitrogen and oxygen atoms in total. The molecule has 2 atom stereocenters. The maximum atomic E-state index is 15.1. The van der Waals surface area contributed by atoms with Crippen molar-refractivity contribution < 1.29 is 17.6 Å². The van der Waals surface area contributed by atoms with E-state index in [0.29, 0.717) is 34.6 Å². The molecule has 0 heterocycles. The first-order valence-electron chi connectivity index (χ1n) is 13.5. The van der Waals surface area contributed by atoms with E-state index >= 15 is 8.78 Å². The van der Waals surface area contributed by atoms with E-state index in [9.17, 15) is 8.78 Å². The highest BCUT2D eigenvalue weighted by atomic mass is 19.2. The van der Waals surface area contributed by atoms with E-state index in [1.165, 1.54) is 19.3 Å². The van der Waals surface area contributed by atoms with E-state index in [1.807, 2.05) is 26.0 Å². The van der Waals surface area contributed by atoms with Crippen LogP contribution in [0.25, 0.3) is 22.3 Å². The topological polar surface area (TPSA) is 0 Å². The molecule has 196 valence electrons. The molecule has 4 rings (SSSR count). The van der Waals surface area contributed by atoms with Gasteiger partial charge in [0.2, 0.25) is 0 Å². The first-order valence-corrected chi connectivity index (χ1v) is 13.5. The molecule has 2 unspecified atom stereocenters. The molecular formula is C33H36F4. The van der Waals surface area contributed by atoms with E-state index < -0.39 is 23.3 Å². The van der Waals surface area contributed by atoms with Crippen LogP contribution in [-0.4, -0.2) is 0 Å². The normalized spacial score (nSPS) is 15.3. The molecule has 1 fully saturated rings. The number of halogens is 4. The van der Waals surface area contributed by atoms with Gasteiger partial charge >= 0.3 is 0 Å². The lowest BCUT2D eigenvalue weighted by Crippen LogP contribution is -2.04. The van der Waals surface area contributed by atoms with Gasteiger partial charge in [-0.3, -0.25) is 0 Å². The quantitative estimate of drug-likeness (QED) is 0.178. The van der Waals surface area contributed by atoms with Crippen LogP contribution in [0, 0.1) is 35.1 Å². The largest absolute Gasteiger partial charge is 0.203 e. The van der Waals surface area contributed by atoms with E-state index in [2.05, 4.69) is 6.92 Å². The zero-order chi connectivity index (χ0) is 26.5. The van der Waals surface area contributed by atoms with Crippen LogP contribution < -0.4 is 0 Å². The average molecular weight is 509 g/mol. The minimum Gasteiger partial charge on any atom is -0.203 e. The van der Waals surface area contributed by atoms with Gasteiger partial charge in [0, 0.05) is 11.1 Å². The van der Waals surface area contributed by atoms with Crippen molar-refractivity contribution in [1.29, 1.82) is 0 Å². The van der Waals surface area contributed by atoms with Crippen molar-refractivity contribution >= 4 is 0 Å². The Kier molecular flexibility index (Phi) is 8.89. The molecule has 1 aliphatic rings. The van der Waals surface area contributed by atoms with Gasteiger partial charge in [-0.05, 0) is 65.7 Å². The minimum absolute atomic E-state index is 0.0640. The van der Waals surface area contributed by atoms with Crippen molar-refractivity contribution in [3.63, 3.8) is 0 Å². The summed E-state index contributed by atoms with van der Waals surface area (Å²) in [5, 5.41) is 0. The van der Waals surface area contributed by atoms with Crippen molar-refractivity contribution in [2.45, 2.75) is 71.6 Å². The van der Waals surface area contributed by atoms with Gasteiger partial charge in [-0.15, -0.1) is 0 Å². The number of rotatable bonds is 11. The summed E-state index contributed by atoms with van der Waals surface area (Å²) in [4.78, 5) is 0. The molecule has 0 N–H and O–H groups in total. The Balaban J connectivity index is 1.49. The standard InChI is InChI=1S/C33H36F4/c1-4-5-6-7-26-16-17-28(32(36)30(26)34)24-12-14-25(15-13-24)29-19-18-27(31(35)33(29)37)22(3)9-8-21(2)20-23-10-11-23/h5-6,12-19,21-23H,4,7-11,20H2,1-3H3/b6-5-. The molecule has 1 saturated carbocycles. The summed E-state index contributed by atoms with van der Waals surface area (Å²) >= 11 is 0. The number of benzene rings is 3. The van der Waals surface area contributed by atoms with Crippen LogP contribution >= 0.6 is 0 Å². The molecular weight excluding hydrogens is 472 g/mol. The molecule has 3 aromatic carbocycles. The van der Waals surface area contributed by atoms with Gasteiger partial charge in [0.25, 0.3) is 0 Å². The Morgan fingerprint density at radius 3 is 1.92 bits per heavy atom. The van der Waals surface area contributed by atoms with Gasteiger partial charge in [-0.25, -0.2) is 17.6 Å². The van der Waals surface area contributed by atoms with E-state index in [0.717, 1.165) is 25.2 Å². The van der Waals surface area contributed by atoms with Crippen LogP contribution in [0.15, 0.2) is 60.7 Å². The fraction of sp³-hybridized carbons (Fsp3) is 0.394. The van der Waals surface area contributed by atoms with Gasteiger partial charge < -0.3 is 0 Å². The van der Waals surface area contributed by atoms with Crippen molar-refractivity contribution in [3.8, 4) is 22.3 Å². The Morgan fingerprint density at radius 1 is 0.730 bits per heavy atom. The molecule has 0 aromatic heterocycles. The number of allylic oxidation sites excluding steroid dienone is 2. The zero-order valence-corrected chi connectivity index (χ0v) is 22.0. The zero-order valence-electron chi connectivity index (χ0n) is 22.0. The lowest BCUT2D eigenvalue weighted by Gasteiger charge is -2.18. The SMILES string of the molecule is CC/C=C\Cc1ccc(-c2ccc(-c3ccc(C(C)CCC(C)CC4CC4)c(F)c3F)cc2)c(F)c1F. The lowest BCUT2D eigenvalue weighted by atomic mass is 9.89. The van der Waals surface area contributed by atoms with Crippen LogP contribution in [0.4, 0.5) is 17.6 Å². The van der Waals surface area contributed by atoms with E-state index in [-0.39, 0.29) is 17.0 Å². The molecule has 0 bridgehead atoms.